The number of rotatable bonds is 3. The first-order valence-electron chi connectivity index (χ1n) is 5.98. The summed E-state index contributed by atoms with van der Waals surface area (Å²) >= 11 is 0. The highest BCUT2D eigenvalue weighted by atomic mass is 16.5. The molecule has 3 fully saturated rings. The van der Waals surface area contributed by atoms with Crippen molar-refractivity contribution in [2.24, 2.45) is 5.92 Å². The van der Waals surface area contributed by atoms with Gasteiger partial charge in [-0.2, -0.15) is 0 Å². The highest BCUT2D eigenvalue weighted by Gasteiger charge is 2.33. The van der Waals surface area contributed by atoms with Gasteiger partial charge in [-0.3, -0.25) is 4.90 Å². The van der Waals surface area contributed by atoms with Crippen molar-refractivity contribution in [3.05, 3.63) is 0 Å². The Hall–Kier alpha value is -0.120. The maximum atomic E-state index is 5.82. The minimum absolute atomic E-state index is 0.563. The minimum Gasteiger partial charge on any atom is -0.372 e. The average molecular weight is 196 g/mol. The summed E-state index contributed by atoms with van der Waals surface area (Å²) in [7, 11) is 0. The third-order valence-corrected chi connectivity index (χ3v) is 3.84. The van der Waals surface area contributed by atoms with Crippen molar-refractivity contribution in [2.75, 3.05) is 32.7 Å². The zero-order chi connectivity index (χ0) is 9.38. The molecule has 3 rings (SSSR count). The number of nitrogens with one attached hydrogen (secondary N) is 1. The number of ether oxygens (including phenoxy) is 1. The molecule has 0 radical (unpaired) electrons. The molecular formula is C11H20N2O. The number of nitrogens with zero attached hydrogens (tertiary/aromatic N) is 1. The molecule has 14 heavy (non-hydrogen) atoms. The lowest BCUT2D eigenvalue weighted by atomic mass is 9.99. The second-order valence-electron chi connectivity index (χ2n) is 5.03. The maximum Gasteiger partial charge on any atom is 0.0707 e. The van der Waals surface area contributed by atoms with Gasteiger partial charge in [0.15, 0.2) is 0 Å². The van der Waals surface area contributed by atoms with E-state index in [1.807, 2.05) is 0 Å². The Morgan fingerprint density at radius 1 is 1.14 bits per heavy atom. The summed E-state index contributed by atoms with van der Waals surface area (Å²) in [5.41, 5.74) is 0. The largest absolute Gasteiger partial charge is 0.372 e. The van der Waals surface area contributed by atoms with Gasteiger partial charge in [-0.25, -0.2) is 0 Å². The van der Waals surface area contributed by atoms with E-state index in [1.54, 1.807) is 0 Å². The molecule has 0 aromatic heterocycles. The molecule has 3 heterocycles. The molecular weight excluding hydrogens is 176 g/mol. The van der Waals surface area contributed by atoms with Gasteiger partial charge in [0.05, 0.1) is 12.2 Å². The van der Waals surface area contributed by atoms with Gasteiger partial charge in [0.2, 0.25) is 0 Å². The molecule has 3 aliphatic rings. The summed E-state index contributed by atoms with van der Waals surface area (Å²) in [6.45, 7) is 6.17. The number of likely N-dealkylation sites (tertiary alicyclic amines) is 1. The van der Waals surface area contributed by atoms with E-state index in [-0.39, 0.29) is 0 Å². The molecule has 0 spiro atoms. The predicted molar refractivity (Wildman–Crippen MR) is 55.3 cm³/mol. The van der Waals surface area contributed by atoms with Crippen molar-refractivity contribution in [2.45, 2.75) is 31.5 Å². The summed E-state index contributed by atoms with van der Waals surface area (Å²) in [5, 5.41) is 3.34. The summed E-state index contributed by atoms with van der Waals surface area (Å²) in [6, 6.07) is 0. The monoisotopic (exact) mass is 196 g/mol. The van der Waals surface area contributed by atoms with Gasteiger partial charge in [0, 0.05) is 13.1 Å². The quantitative estimate of drug-likeness (QED) is 0.709. The Labute approximate surface area is 85.8 Å². The third kappa shape index (κ3) is 1.81. The van der Waals surface area contributed by atoms with Gasteiger partial charge in [0.1, 0.15) is 0 Å². The Bertz CT molecular complexity index is 193. The Morgan fingerprint density at radius 3 is 2.43 bits per heavy atom. The molecule has 3 heteroatoms. The fraction of sp³-hybridized carbons (Fsp3) is 1.00. The second kappa shape index (κ2) is 3.80. The van der Waals surface area contributed by atoms with Crippen LogP contribution in [0.15, 0.2) is 0 Å². The standard InChI is InChI=1S/C11H20N2O/c1-2-11-8-13(7-10(1)14-11)4-3-9-5-12-6-9/h9-12H,1-8H2. The van der Waals surface area contributed by atoms with Crippen LogP contribution in [0.3, 0.4) is 0 Å². The number of morpholine rings is 1. The normalized spacial score (nSPS) is 38.6. The first-order chi connectivity index (χ1) is 6.90. The SMILES string of the molecule is C(CN1CC2CCC(C1)O2)C1CNC1. The van der Waals surface area contributed by atoms with Crippen LogP contribution in [0.4, 0.5) is 0 Å². The van der Waals surface area contributed by atoms with Crippen LogP contribution in [0.25, 0.3) is 0 Å². The molecule has 2 unspecified atom stereocenters. The van der Waals surface area contributed by atoms with E-state index >= 15 is 0 Å². The van der Waals surface area contributed by atoms with Crippen LogP contribution in [0.2, 0.25) is 0 Å². The zero-order valence-corrected chi connectivity index (χ0v) is 8.74. The number of fused-ring (bicyclic) bond motifs is 2. The van der Waals surface area contributed by atoms with Crippen LogP contribution in [0, 0.1) is 5.92 Å². The van der Waals surface area contributed by atoms with Crippen LogP contribution in [-0.4, -0.2) is 49.8 Å². The fourth-order valence-electron chi connectivity index (χ4n) is 2.80. The van der Waals surface area contributed by atoms with E-state index in [0.29, 0.717) is 12.2 Å². The van der Waals surface area contributed by atoms with Crippen molar-refractivity contribution in [1.82, 2.24) is 10.2 Å². The molecule has 2 bridgehead atoms. The van der Waals surface area contributed by atoms with Gasteiger partial charge in [-0.05, 0) is 44.8 Å². The fourth-order valence-corrected chi connectivity index (χ4v) is 2.80. The highest BCUT2D eigenvalue weighted by molar-refractivity contribution is 4.85. The first-order valence-corrected chi connectivity index (χ1v) is 5.98. The first kappa shape index (κ1) is 9.13. The summed E-state index contributed by atoms with van der Waals surface area (Å²) in [6.07, 6.45) is 5.10. The zero-order valence-electron chi connectivity index (χ0n) is 8.74. The molecule has 80 valence electrons. The molecule has 0 amide bonds. The lowest BCUT2D eigenvalue weighted by molar-refractivity contribution is -0.0400. The van der Waals surface area contributed by atoms with E-state index in [0.717, 1.165) is 5.92 Å². The van der Waals surface area contributed by atoms with Crippen LogP contribution < -0.4 is 5.32 Å². The smallest absolute Gasteiger partial charge is 0.0707 e. The third-order valence-electron chi connectivity index (χ3n) is 3.84. The molecule has 1 N–H and O–H groups in total. The molecule has 3 aliphatic heterocycles. The van der Waals surface area contributed by atoms with E-state index in [1.165, 1.54) is 52.0 Å². The molecule has 0 aromatic rings. The predicted octanol–water partition coefficient (Wildman–Crippen LogP) is 0.459. The van der Waals surface area contributed by atoms with Crippen molar-refractivity contribution in [3.63, 3.8) is 0 Å². The topological polar surface area (TPSA) is 24.5 Å². The highest BCUT2D eigenvalue weighted by Crippen LogP contribution is 2.26. The molecule has 0 saturated carbocycles. The van der Waals surface area contributed by atoms with Crippen LogP contribution in [0.5, 0.6) is 0 Å². The summed E-state index contributed by atoms with van der Waals surface area (Å²) in [4.78, 5) is 2.62. The molecule has 0 aromatic carbocycles. The minimum atomic E-state index is 0.563. The Morgan fingerprint density at radius 2 is 1.86 bits per heavy atom. The molecule has 3 saturated heterocycles. The Balaban J connectivity index is 1.44. The average Bonchev–Trinajstić information content (AvgIpc) is 2.43. The van der Waals surface area contributed by atoms with Crippen molar-refractivity contribution in [1.29, 1.82) is 0 Å². The lowest BCUT2D eigenvalue weighted by Crippen LogP contribution is -2.47. The van der Waals surface area contributed by atoms with Gasteiger partial charge in [0.25, 0.3) is 0 Å². The van der Waals surface area contributed by atoms with E-state index in [4.69, 9.17) is 4.74 Å². The molecule has 2 atom stereocenters. The van der Waals surface area contributed by atoms with Crippen LogP contribution in [-0.2, 0) is 4.74 Å². The van der Waals surface area contributed by atoms with Gasteiger partial charge < -0.3 is 10.1 Å². The van der Waals surface area contributed by atoms with Crippen LogP contribution in [0.1, 0.15) is 19.3 Å². The van der Waals surface area contributed by atoms with E-state index in [9.17, 15) is 0 Å². The number of hydrogen-bond donors (Lipinski definition) is 1. The van der Waals surface area contributed by atoms with Gasteiger partial charge in [-0.15, -0.1) is 0 Å². The molecule has 0 aliphatic carbocycles. The summed E-state index contributed by atoms with van der Waals surface area (Å²) in [5.74, 6) is 0.954. The van der Waals surface area contributed by atoms with Gasteiger partial charge in [-0.1, -0.05) is 0 Å². The van der Waals surface area contributed by atoms with Crippen molar-refractivity contribution >= 4 is 0 Å². The van der Waals surface area contributed by atoms with Crippen molar-refractivity contribution in [3.8, 4) is 0 Å². The van der Waals surface area contributed by atoms with Crippen molar-refractivity contribution < 1.29 is 4.74 Å². The summed E-state index contributed by atoms with van der Waals surface area (Å²) < 4.78 is 5.82. The Kier molecular flexibility index (Phi) is 2.48. The lowest BCUT2D eigenvalue weighted by Gasteiger charge is -2.34. The second-order valence-corrected chi connectivity index (χ2v) is 5.03. The van der Waals surface area contributed by atoms with Crippen LogP contribution >= 0.6 is 0 Å². The van der Waals surface area contributed by atoms with E-state index in [2.05, 4.69) is 10.2 Å². The number of hydrogen-bond acceptors (Lipinski definition) is 3. The van der Waals surface area contributed by atoms with E-state index < -0.39 is 0 Å². The van der Waals surface area contributed by atoms with Gasteiger partial charge >= 0.3 is 0 Å². The molecule has 3 nitrogen and oxygen atoms in total. The maximum absolute atomic E-state index is 5.82.